The van der Waals surface area contributed by atoms with Crippen LogP contribution in [0.2, 0.25) is 5.02 Å². The quantitative estimate of drug-likeness (QED) is 0.360. The Bertz CT molecular complexity index is 1230. The van der Waals surface area contributed by atoms with Crippen molar-refractivity contribution >= 4 is 58.1 Å². The number of methoxy groups -OCH3 is 2. The average Bonchev–Trinajstić information content (AvgIpc) is 3.10. The van der Waals surface area contributed by atoms with E-state index in [0.717, 1.165) is 16.7 Å². The number of carbonyl (C=O) groups is 4. The van der Waals surface area contributed by atoms with Crippen LogP contribution in [-0.4, -0.2) is 55.3 Å². The Morgan fingerprint density at radius 1 is 1.11 bits per heavy atom. The van der Waals surface area contributed by atoms with Gasteiger partial charge in [-0.25, -0.2) is 4.79 Å². The number of imide groups is 1. The molecule has 9 nitrogen and oxygen atoms in total. The van der Waals surface area contributed by atoms with Crippen molar-refractivity contribution in [2.24, 2.45) is 5.92 Å². The number of benzene rings is 2. The molecule has 36 heavy (non-hydrogen) atoms. The van der Waals surface area contributed by atoms with Crippen LogP contribution in [0.25, 0.3) is 6.08 Å². The number of carbonyl (C=O) groups excluding carboxylic acids is 4. The fourth-order valence-electron chi connectivity index (χ4n) is 3.15. The van der Waals surface area contributed by atoms with Gasteiger partial charge in [-0.2, -0.15) is 0 Å². The highest BCUT2D eigenvalue weighted by molar-refractivity contribution is 8.18. The smallest absolute Gasteiger partial charge is 0.339 e. The molecule has 0 aromatic heterocycles. The fourth-order valence-corrected chi connectivity index (χ4v) is 4.18. The number of hydrogen-bond acceptors (Lipinski definition) is 8. The molecule has 1 N–H and O–H groups in total. The standard InChI is InChI=1S/C25H25ClN2O7S/c1-14(2)13-35-19-8-5-15(9-20(19)33-3)10-21-23(30)28(25(32)36-21)12-22(29)27-16-6-7-18(26)17(11-16)24(31)34-4/h5-11,14H,12-13H2,1-4H3,(H,27,29)/b21-10-. The van der Waals surface area contributed by atoms with Gasteiger partial charge in [0, 0.05) is 5.69 Å². The summed E-state index contributed by atoms with van der Waals surface area (Å²) in [6.07, 6.45) is 1.55. The molecule has 3 rings (SSSR count). The van der Waals surface area contributed by atoms with Crippen molar-refractivity contribution in [1.29, 1.82) is 0 Å². The van der Waals surface area contributed by atoms with Gasteiger partial charge in [-0.05, 0) is 59.7 Å². The van der Waals surface area contributed by atoms with E-state index < -0.39 is 29.6 Å². The van der Waals surface area contributed by atoms with Gasteiger partial charge < -0.3 is 19.5 Å². The Kier molecular flexibility index (Phi) is 9.00. The van der Waals surface area contributed by atoms with Crippen LogP contribution in [0.5, 0.6) is 11.5 Å². The van der Waals surface area contributed by atoms with E-state index in [9.17, 15) is 19.2 Å². The van der Waals surface area contributed by atoms with E-state index in [-0.39, 0.29) is 21.2 Å². The van der Waals surface area contributed by atoms with Crippen LogP contribution in [0.3, 0.4) is 0 Å². The predicted molar refractivity (Wildman–Crippen MR) is 137 cm³/mol. The Morgan fingerprint density at radius 2 is 1.86 bits per heavy atom. The summed E-state index contributed by atoms with van der Waals surface area (Å²) in [6.45, 7) is 4.10. The van der Waals surface area contributed by atoms with E-state index in [1.165, 1.54) is 32.4 Å². The number of anilines is 1. The number of hydrogen-bond donors (Lipinski definition) is 1. The first-order chi connectivity index (χ1) is 17.1. The van der Waals surface area contributed by atoms with Crippen molar-refractivity contribution in [3.8, 4) is 11.5 Å². The monoisotopic (exact) mass is 532 g/mol. The molecule has 0 saturated carbocycles. The summed E-state index contributed by atoms with van der Waals surface area (Å²) in [4.78, 5) is 50.6. The first-order valence-corrected chi connectivity index (χ1v) is 12.1. The van der Waals surface area contributed by atoms with E-state index in [1.807, 2.05) is 13.8 Å². The molecule has 11 heteroatoms. The number of amides is 3. The molecule has 0 atom stereocenters. The van der Waals surface area contributed by atoms with Crippen LogP contribution < -0.4 is 14.8 Å². The molecule has 2 aromatic carbocycles. The summed E-state index contributed by atoms with van der Waals surface area (Å²) in [5.74, 6) is -0.463. The van der Waals surface area contributed by atoms with E-state index >= 15 is 0 Å². The van der Waals surface area contributed by atoms with Crippen LogP contribution in [0.4, 0.5) is 10.5 Å². The first kappa shape index (κ1) is 27.1. The lowest BCUT2D eigenvalue weighted by Crippen LogP contribution is -2.36. The molecular weight excluding hydrogens is 508 g/mol. The van der Waals surface area contributed by atoms with Crippen molar-refractivity contribution in [2.75, 3.05) is 32.7 Å². The largest absolute Gasteiger partial charge is 0.493 e. The number of thioether (sulfide) groups is 1. The topological polar surface area (TPSA) is 111 Å². The van der Waals surface area contributed by atoms with Gasteiger partial charge in [0.05, 0.1) is 36.3 Å². The second-order valence-electron chi connectivity index (χ2n) is 8.12. The maximum atomic E-state index is 12.8. The molecular formula is C25H25ClN2O7S. The van der Waals surface area contributed by atoms with Crippen molar-refractivity contribution in [3.63, 3.8) is 0 Å². The molecule has 0 radical (unpaired) electrons. The summed E-state index contributed by atoms with van der Waals surface area (Å²) < 4.78 is 15.8. The second kappa shape index (κ2) is 12.0. The van der Waals surface area contributed by atoms with Crippen LogP contribution in [-0.2, 0) is 14.3 Å². The summed E-state index contributed by atoms with van der Waals surface area (Å²) in [5, 5.41) is 2.14. The molecule has 1 heterocycles. The van der Waals surface area contributed by atoms with Gasteiger partial charge in [0.15, 0.2) is 11.5 Å². The maximum absolute atomic E-state index is 12.8. The predicted octanol–water partition coefficient (Wildman–Crippen LogP) is 4.85. The Balaban J connectivity index is 1.70. The third-order valence-corrected chi connectivity index (χ3v) is 6.13. The molecule has 1 fully saturated rings. The Morgan fingerprint density at radius 3 is 2.53 bits per heavy atom. The molecule has 0 aliphatic carbocycles. The number of rotatable bonds is 9. The van der Waals surface area contributed by atoms with Gasteiger partial charge in [0.2, 0.25) is 5.91 Å². The summed E-state index contributed by atoms with van der Waals surface area (Å²) >= 11 is 6.72. The maximum Gasteiger partial charge on any atom is 0.339 e. The lowest BCUT2D eigenvalue weighted by atomic mass is 10.1. The number of ether oxygens (including phenoxy) is 3. The zero-order valence-electron chi connectivity index (χ0n) is 20.1. The number of halogens is 1. The van der Waals surface area contributed by atoms with Gasteiger partial charge in [-0.15, -0.1) is 0 Å². The zero-order valence-corrected chi connectivity index (χ0v) is 21.7. The zero-order chi connectivity index (χ0) is 26.4. The van der Waals surface area contributed by atoms with Gasteiger partial charge in [0.25, 0.3) is 11.1 Å². The third kappa shape index (κ3) is 6.58. The molecule has 1 saturated heterocycles. The van der Waals surface area contributed by atoms with Gasteiger partial charge in [-0.1, -0.05) is 31.5 Å². The highest BCUT2D eigenvalue weighted by atomic mass is 35.5. The summed E-state index contributed by atoms with van der Waals surface area (Å²) in [5.41, 5.74) is 0.969. The molecule has 0 bridgehead atoms. The third-order valence-electron chi connectivity index (χ3n) is 4.89. The van der Waals surface area contributed by atoms with E-state index in [4.69, 9.17) is 21.1 Å². The highest BCUT2D eigenvalue weighted by Gasteiger charge is 2.36. The van der Waals surface area contributed by atoms with Gasteiger partial charge in [-0.3, -0.25) is 19.3 Å². The Hall–Kier alpha value is -3.50. The number of nitrogens with one attached hydrogen (secondary N) is 1. The van der Waals surface area contributed by atoms with Crippen LogP contribution >= 0.6 is 23.4 Å². The molecule has 1 aliphatic rings. The molecule has 1 aliphatic heterocycles. The Labute approximate surface area is 217 Å². The molecule has 3 amide bonds. The molecule has 190 valence electrons. The fraction of sp³-hybridized carbons (Fsp3) is 0.280. The van der Waals surface area contributed by atoms with Crippen molar-refractivity contribution in [1.82, 2.24) is 4.90 Å². The SMILES string of the molecule is COC(=O)c1cc(NC(=O)CN2C(=O)S/C(=C\c3ccc(OCC(C)C)c(OC)c3)C2=O)ccc1Cl. The van der Waals surface area contributed by atoms with Crippen molar-refractivity contribution in [2.45, 2.75) is 13.8 Å². The first-order valence-electron chi connectivity index (χ1n) is 10.9. The normalized spacial score (nSPS) is 14.4. The van der Waals surface area contributed by atoms with Gasteiger partial charge >= 0.3 is 5.97 Å². The molecule has 0 spiro atoms. The minimum Gasteiger partial charge on any atom is -0.493 e. The van der Waals surface area contributed by atoms with E-state index in [2.05, 4.69) is 10.1 Å². The molecule has 2 aromatic rings. The molecule has 0 unspecified atom stereocenters. The van der Waals surface area contributed by atoms with Crippen LogP contribution in [0.1, 0.15) is 29.8 Å². The summed E-state index contributed by atoms with van der Waals surface area (Å²) in [7, 11) is 2.73. The highest BCUT2D eigenvalue weighted by Crippen LogP contribution is 2.34. The van der Waals surface area contributed by atoms with Crippen LogP contribution in [0.15, 0.2) is 41.3 Å². The lowest BCUT2D eigenvalue weighted by molar-refractivity contribution is -0.127. The van der Waals surface area contributed by atoms with E-state index in [1.54, 1.807) is 24.3 Å². The van der Waals surface area contributed by atoms with Crippen LogP contribution in [0, 0.1) is 5.92 Å². The summed E-state index contributed by atoms with van der Waals surface area (Å²) in [6, 6.07) is 9.46. The number of nitrogens with zero attached hydrogens (tertiary/aromatic N) is 1. The lowest BCUT2D eigenvalue weighted by Gasteiger charge is -2.13. The van der Waals surface area contributed by atoms with E-state index in [0.29, 0.717) is 29.6 Å². The minimum absolute atomic E-state index is 0.0714. The number of esters is 1. The van der Waals surface area contributed by atoms with Crippen molar-refractivity contribution < 1.29 is 33.4 Å². The second-order valence-corrected chi connectivity index (χ2v) is 9.52. The average molecular weight is 533 g/mol. The van der Waals surface area contributed by atoms with Gasteiger partial charge in [0.1, 0.15) is 6.54 Å². The minimum atomic E-state index is -0.664. The van der Waals surface area contributed by atoms with Crippen molar-refractivity contribution in [3.05, 3.63) is 57.5 Å².